The van der Waals surface area contributed by atoms with Gasteiger partial charge in [0.25, 0.3) is 0 Å². The molecule has 1 amide bonds. The van der Waals surface area contributed by atoms with Crippen LogP contribution >= 0.6 is 11.6 Å². The van der Waals surface area contributed by atoms with E-state index in [2.05, 4.69) is 5.10 Å². The number of halogens is 4. The average molecular weight is 362 g/mol. The van der Waals surface area contributed by atoms with Gasteiger partial charge < -0.3 is 4.74 Å². The van der Waals surface area contributed by atoms with Crippen molar-refractivity contribution in [1.82, 2.24) is 9.78 Å². The molecule has 1 aromatic carbocycles. The number of alkyl halides is 4. The van der Waals surface area contributed by atoms with E-state index in [1.54, 1.807) is 31.3 Å². The van der Waals surface area contributed by atoms with Crippen LogP contribution in [0.4, 0.5) is 18.9 Å². The highest BCUT2D eigenvalue weighted by Gasteiger charge is 2.30. The van der Waals surface area contributed by atoms with E-state index in [0.717, 1.165) is 0 Å². The van der Waals surface area contributed by atoms with Crippen molar-refractivity contribution in [2.45, 2.75) is 19.8 Å². The molecule has 9 heteroatoms. The maximum absolute atomic E-state index is 12.5. The molecule has 0 aliphatic carbocycles. The Balaban J connectivity index is 2.38. The Hall–Kier alpha value is -2.22. The van der Waals surface area contributed by atoms with Crippen LogP contribution in [0.1, 0.15) is 5.56 Å². The molecule has 5 nitrogen and oxygen atoms in total. The summed E-state index contributed by atoms with van der Waals surface area (Å²) in [5.74, 6) is -0.842. The summed E-state index contributed by atoms with van der Waals surface area (Å²) in [7, 11) is 0. The first-order chi connectivity index (χ1) is 11.3. The minimum Gasteiger partial charge on any atom is -0.482 e. The van der Waals surface area contributed by atoms with Crippen molar-refractivity contribution >= 4 is 23.2 Å². The van der Waals surface area contributed by atoms with Crippen LogP contribution in [0.25, 0.3) is 0 Å². The van der Waals surface area contributed by atoms with Crippen LogP contribution in [0.2, 0.25) is 0 Å². The highest BCUT2D eigenvalue weighted by atomic mass is 35.5. The number of carbonyl (C=O) groups is 1. The number of aromatic nitrogens is 2. The summed E-state index contributed by atoms with van der Waals surface area (Å²) in [6.45, 7) is 0.229. The second-order valence-electron chi connectivity index (χ2n) is 4.97. The summed E-state index contributed by atoms with van der Waals surface area (Å²) in [6.07, 6.45) is -1.32. The Morgan fingerprint density at radius 3 is 2.71 bits per heavy atom. The predicted octanol–water partition coefficient (Wildman–Crippen LogP) is 3.36. The summed E-state index contributed by atoms with van der Waals surface area (Å²) in [5, 5.41) is 4.00. The third kappa shape index (κ3) is 4.64. The fourth-order valence-electron chi connectivity index (χ4n) is 2.13. The van der Waals surface area contributed by atoms with Crippen LogP contribution in [0.3, 0.4) is 0 Å². The Morgan fingerprint density at radius 1 is 1.38 bits per heavy atom. The lowest BCUT2D eigenvalue weighted by molar-refractivity contribution is -0.153. The van der Waals surface area contributed by atoms with Gasteiger partial charge in [0, 0.05) is 12.4 Å². The normalized spacial score (nSPS) is 11.4. The van der Waals surface area contributed by atoms with Crippen molar-refractivity contribution in [3.63, 3.8) is 0 Å². The van der Waals surface area contributed by atoms with Crippen LogP contribution < -0.4 is 9.64 Å². The van der Waals surface area contributed by atoms with Gasteiger partial charge in [0.2, 0.25) is 5.91 Å². The molecule has 2 aromatic rings. The Morgan fingerprint density at radius 2 is 2.12 bits per heavy atom. The summed E-state index contributed by atoms with van der Waals surface area (Å²) >= 11 is 5.65. The molecule has 1 heterocycles. The zero-order chi connectivity index (χ0) is 17.7. The molecule has 0 N–H and O–H groups in total. The van der Waals surface area contributed by atoms with E-state index in [9.17, 15) is 18.0 Å². The topological polar surface area (TPSA) is 47.4 Å². The number of para-hydroxylation sites is 1. The highest BCUT2D eigenvalue weighted by Crippen LogP contribution is 2.33. The SMILES string of the molecule is Cc1cccc(OCC(F)(F)F)c1N(Cn1cccn1)C(=O)CCl. The van der Waals surface area contributed by atoms with E-state index < -0.39 is 18.7 Å². The summed E-state index contributed by atoms with van der Waals surface area (Å²) < 4.78 is 43.7. The lowest BCUT2D eigenvalue weighted by Gasteiger charge is -2.26. The molecule has 0 saturated heterocycles. The van der Waals surface area contributed by atoms with Crippen molar-refractivity contribution in [2.75, 3.05) is 17.4 Å². The monoisotopic (exact) mass is 361 g/mol. The van der Waals surface area contributed by atoms with Crippen LogP contribution in [0.15, 0.2) is 36.7 Å². The summed E-state index contributed by atoms with van der Waals surface area (Å²) in [4.78, 5) is 13.5. The van der Waals surface area contributed by atoms with Gasteiger partial charge in [0.1, 0.15) is 18.3 Å². The number of anilines is 1. The van der Waals surface area contributed by atoms with E-state index in [0.29, 0.717) is 5.56 Å². The molecule has 0 spiro atoms. The Kier molecular flexibility index (Phi) is 5.71. The van der Waals surface area contributed by atoms with Gasteiger partial charge in [0.15, 0.2) is 6.61 Å². The second-order valence-corrected chi connectivity index (χ2v) is 5.24. The molecule has 24 heavy (non-hydrogen) atoms. The largest absolute Gasteiger partial charge is 0.482 e. The molecule has 0 radical (unpaired) electrons. The van der Waals surface area contributed by atoms with Crippen molar-refractivity contribution < 1.29 is 22.7 Å². The standard InChI is InChI=1S/C15H15ClF3N3O2/c1-11-4-2-5-12(24-9-15(17,18)19)14(11)22(13(23)8-16)10-21-7-3-6-20-21/h2-7H,8-10H2,1H3. The minimum absolute atomic E-state index is 0.00574. The molecule has 0 aliphatic heterocycles. The highest BCUT2D eigenvalue weighted by molar-refractivity contribution is 6.29. The van der Waals surface area contributed by atoms with Gasteiger partial charge in [-0.05, 0) is 24.6 Å². The van der Waals surface area contributed by atoms with Crippen LogP contribution in [0.5, 0.6) is 5.75 Å². The molecule has 1 aromatic heterocycles. The molecule has 2 rings (SSSR count). The van der Waals surface area contributed by atoms with E-state index in [1.165, 1.54) is 21.8 Å². The maximum atomic E-state index is 12.5. The van der Waals surface area contributed by atoms with Crippen LogP contribution in [-0.4, -0.2) is 34.4 Å². The zero-order valence-electron chi connectivity index (χ0n) is 12.8. The van der Waals surface area contributed by atoms with Gasteiger partial charge in [-0.3, -0.25) is 14.4 Å². The molecule has 0 aliphatic rings. The molecule has 0 fully saturated rings. The zero-order valence-corrected chi connectivity index (χ0v) is 13.5. The first-order valence-corrected chi connectivity index (χ1v) is 7.48. The van der Waals surface area contributed by atoms with Crippen molar-refractivity contribution in [3.05, 3.63) is 42.2 Å². The molecule has 0 atom stereocenters. The van der Waals surface area contributed by atoms with Gasteiger partial charge in [-0.1, -0.05) is 12.1 Å². The lowest BCUT2D eigenvalue weighted by atomic mass is 10.1. The molecule has 0 unspecified atom stereocenters. The van der Waals surface area contributed by atoms with E-state index in [4.69, 9.17) is 16.3 Å². The second kappa shape index (κ2) is 7.57. The van der Waals surface area contributed by atoms with Gasteiger partial charge in [-0.15, -0.1) is 11.6 Å². The number of ether oxygens (including phenoxy) is 1. The van der Waals surface area contributed by atoms with E-state index in [1.807, 2.05) is 0 Å². The fourth-order valence-corrected chi connectivity index (χ4v) is 2.27. The van der Waals surface area contributed by atoms with Gasteiger partial charge in [-0.2, -0.15) is 18.3 Å². The number of hydrogen-bond acceptors (Lipinski definition) is 3. The number of rotatable bonds is 6. The number of amides is 1. The van der Waals surface area contributed by atoms with Crippen molar-refractivity contribution in [2.24, 2.45) is 0 Å². The number of hydrogen-bond donors (Lipinski definition) is 0. The number of benzene rings is 1. The van der Waals surface area contributed by atoms with Crippen molar-refractivity contribution in [1.29, 1.82) is 0 Å². The van der Waals surface area contributed by atoms with E-state index >= 15 is 0 Å². The Bertz CT molecular complexity index is 690. The smallest absolute Gasteiger partial charge is 0.422 e. The number of carbonyl (C=O) groups excluding carboxylic acids is 1. The lowest BCUT2D eigenvalue weighted by Crippen LogP contribution is -2.35. The van der Waals surface area contributed by atoms with Gasteiger partial charge in [0.05, 0.1) is 5.69 Å². The van der Waals surface area contributed by atoms with Crippen LogP contribution in [-0.2, 0) is 11.5 Å². The third-order valence-electron chi connectivity index (χ3n) is 3.12. The molecular weight excluding hydrogens is 347 g/mol. The summed E-state index contributed by atoms with van der Waals surface area (Å²) in [5.41, 5.74) is 0.822. The molecular formula is C15H15ClF3N3O2. The molecule has 0 saturated carbocycles. The predicted molar refractivity (Wildman–Crippen MR) is 83.2 cm³/mol. The third-order valence-corrected chi connectivity index (χ3v) is 3.35. The van der Waals surface area contributed by atoms with E-state index in [-0.39, 0.29) is 24.0 Å². The Labute approximate surface area is 141 Å². The first kappa shape index (κ1) is 18.1. The minimum atomic E-state index is -4.48. The fraction of sp³-hybridized carbons (Fsp3) is 0.333. The summed E-state index contributed by atoms with van der Waals surface area (Å²) in [6, 6.07) is 6.28. The maximum Gasteiger partial charge on any atom is 0.422 e. The number of aryl methyl sites for hydroxylation is 1. The van der Waals surface area contributed by atoms with Gasteiger partial charge >= 0.3 is 6.18 Å². The van der Waals surface area contributed by atoms with Gasteiger partial charge in [-0.25, -0.2) is 0 Å². The van der Waals surface area contributed by atoms with Crippen LogP contribution in [0, 0.1) is 6.92 Å². The van der Waals surface area contributed by atoms with Crippen molar-refractivity contribution in [3.8, 4) is 5.75 Å². The molecule has 0 bridgehead atoms. The quantitative estimate of drug-likeness (QED) is 0.741. The molecule has 130 valence electrons. The first-order valence-electron chi connectivity index (χ1n) is 6.94. The number of nitrogens with zero attached hydrogens (tertiary/aromatic N) is 3. The average Bonchev–Trinajstić information content (AvgIpc) is 3.03.